The number of rotatable bonds is 6. The Hall–Kier alpha value is -1.72. The van der Waals surface area contributed by atoms with Gasteiger partial charge in [-0.1, -0.05) is 42.8 Å². The Bertz CT molecular complexity index is 649. The first-order valence-electron chi connectivity index (χ1n) is 6.93. The van der Waals surface area contributed by atoms with Crippen LogP contribution in [-0.2, 0) is 0 Å². The minimum atomic E-state index is -0.689. The highest BCUT2D eigenvalue weighted by Crippen LogP contribution is 2.42. The topological polar surface area (TPSA) is 69.2 Å². The fourth-order valence-corrected chi connectivity index (χ4v) is 3.72. The third-order valence-electron chi connectivity index (χ3n) is 3.41. The van der Waals surface area contributed by atoms with Gasteiger partial charge in [0.2, 0.25) is 6.04 Å². The molecule has 0 aromatic heterocycles. The predicted octanol–water partition coefficient (Wildman–Crippen LogP) is 4.81. The van der Waals surface area contributed by atoms with Crippen LogP contribution in [0.1, 0.15) is 24.2 Å². The molecule has 116 valence electrons. The SMILES string of the molecule is CCC(C(Sc1ccccc1N)c1ccc(Cl)cc1)[N+](=O)[O-]. The summed E-state index contributed by atoms with van der Waals surface area (Å²) in [6.07, 6.45) is 0.444. The number of anilines is 1. The van der Waals surface area contributed by atoms with Crippen molar-refractivity contribution in [3.63, 3.8) is 0 Å². The number of hydrogen-bond donors (Lipinski definition) is 1. The van der Waals surface area contributed by atoms with E-state index in [1.165, 1.54) is 11.8 Å². The molecule has 2 aromatic rings. The van der Waals surface area contributed by atoms with E-state index in [9.17, 15) is 10.1 Å². The van der Waals surface area contributed by atoms with E-state index in [4.69, 9.17) is 17.3 Å². The van der Waals surface area contributed by atoms with Crippen LogP contribution in [0.15, 0.2) is 53.4 Å². The van der Waals surface area contributed by atoms with Gasteiger partial charge in [-0.3, -0.25) is 10.1 Å². The molecule has 2 rings (SSSR count). The first-order chi connectivity index (χ1) is 10.5. The van der Waals surface area contributed by atoms with Gasteiger partial charge in [-0.2, -0.15) is 0 Å². The molecule has 0 bridgehead atoms. The minimum absolute atomic E-state index is 0.217. The first-order valence-corrected chi connectivity index (χ1v) is 8.18. The van der Waals surface area contributed by atoms with Crippen LogP contribution in [0, 0.1) is 10.1 Å². The lowest BCUT2D eigenvalue weighted by molar-refractivity contribution is -0.522. The van der Waals surface area contributed by atoms with Crippen molar-refractivity contribution in [2.45, 2.75) is 29.5 Å². The number of halogens is 1. The fraction of sp³-hybridized carbons (Fsp3) is 0.250. The van der Waals surface area contributed by atoms with Crippen LogP contribution in [0.2, 0.25) is 5.02 Å². The molecule has 2 aromatic carbocycles. The molecule has 0 aliphatic rings. The quantitative estimate of drug-likeness (QED) is 0.355. The lowest BCUT2D eigenvalue weighted by Crippen LogP contribution is -2.25. The highest BCUT2D eigenvalue weighted by molar-refractivity contribution is 7.99. The van der Waals surface area contributed by atoms with E-state index in [-0.39, 0.29) is 10.2 Å². The Morgan fingerprint density at radius 1 is 1.23 bits per heavy atom. The van der Waals surface area contributed by atoms with Crippen molar-refractivity contribution in [2.24, 2.45) is 0 Å². The maximum absolute atomic E-state index is 11.4. The number of nitrogens with zero attached hydrogens (tertiary/aromatic N) is 1. The van der Waals surface area contributed by atoms with Gasteiger partial charge >= 0.3 is 0 Å². The Morgan fingerprint density at radius 3 is 2.41 bits per heavy atom. The molecule has 2 unspecified atom stereocenters. The van der Waals surface area contributed by atoms with Gasteiger partial charge < -0.3 is 5.73 Å². The summed E-state index contributed by atoms with van der Waals surface area (Å²) in [4.78, 5) is 12.1. The lowest BCUT2D eigenvalue weighted by atomic mass is 10.0. The van der Waals surface area contributed by atoms with Crippen LogP contribution in [0.4, 0.5) is 5.69 Å². The van der Waals surface area contributed by atoms with Crippen molar-refractivity contribution in [1.82, 2.24) is 0 Å². The van der Waals surface area contributed by atoms with Gasteiger partial charge in [0, 0.05) is 26.9 Å². The average molecular weight is 337 g/mol. The summed E-state index contributed by atoms with van der Waals surface area (Å²) in [5.74, 6) is 0. The van der Waals surface area contributed by atoms with E-state index in [2.05, 4.69) is 0 Å². The molecule has 0 radical (unpaired) electrons. The summed E-state index contributed by atoms with van der Waals surface area (Å²) in [5.41, 5.74) is 7.48. The number of thioether (sulfide) groups is 1. The standard InChI is InChI=1S/C16H17ClN2O2S/c1-2-14(19(20)21)16(11-7-9-12(17)10-8-11)22-15-6-4-3-5-13(15)18/h3-10,14,16H,2,18H2,1H3. The van der Waals surface area contributed by atoms with E-state index < -0.39 is 6.04 Å². The van der Waals surface area contributed by atoms with Crippen LogP contribution in [-0.4, -0.2) is 11.0 Å². The zero-order valence-electron chi connectivity index (χ0n) is 12.1. The van der Waals surface area contributed by atoms with Gasteiger partial charge in [-0.05, 0) is 29.8 Å². The number of benzene rings is 2. The molecule has 0 heterocycles. The molecule has 4 nitrogen and oxygen atoms in total. The largest absolute Gasteiger partial charge is 0.398 e. The molecule has 2 atom stereocenters. The summed E-state index contributed by atoms with van der Waals surface area (Å²) < 4.78 is 0. The van der Waals surface area contributed by atoms with Crippen molar-refractivity contribution in [2.75, 3.05) is 5.73 Å². The number of nitro groups is 1. The van der Waals surface area contributed by atoms with Crippen molar-refractivity contribution in [1.29, 1.82) is 0 Å². The van der Waals surface area contributed by atoms with Gasteiger partial charge in [-0.15, -0.1) is 11.8 Å². The highest BCUT2D eigenvalue weighted by Gasteiger charge is 2.32. The Labute approximate surface area is 138 Å². The van der Waals surface area contributed by atoms with Crippen LogP contribution in [0.5, 0.6) is 0 Å². The van der Waals surface area contributed by atoms with Crippen molar-refractivity contribution in [3.05, 3.63) is 69.2 Å². The molecule has 6 heteroatoms. The van der Waals surface area contributed by atoms with Crippen molar-refractivity contribution >= 4 is 29.1 Å². The van der Waals surface area contributed by atoms with Gasteiger partial charge in [0.25, 0.3) is 0 Å². The molecular weight excluding hydrogens is 320 g/mol. The highest BCUT2D eigenvalue weighted by atomic mass is 35.5. The van der Waals surface area contributed by atoms with Gasteiger partial charge in [0.15, 0.2) is 0 Å². The molecule has 0 spiro atoms. The summed E-state index contributed by atoms with van der Waals surface area (Å²) in [6, 6.07) is 13.9. The van der Waals surface area contributed by atoms with Crippen LogP contribution < -0.4 is 5.73 Å². The zero-order chi connectivity index (χ0) is 16.1. The van der Waals surface area contributed by atoms with E-state index in [0.29, 0.717) is 17.1 Å². The molecular formula is C16H17ClN2O2S. The average Bonchev–Trinajstić information content (AvgIpc) is 2.49. The molecule has 0 saturated heterocycles. The van der Waals surface area contributed by atoms with Gasteiger partial charge in [-0.25, -0.2) is 0 Å². The van der Waals surface area contributed by atoms with E-state index >= 15 is 0 Å². The van der Waals surface area contributed by atoms with Gasteiger partial charge in [0.1, 0.15) is 5.25 Å². The predicted molar refractivity (Wildman–Crippen MR) is 92.0 cm³/mol. The summed E-state index contributed by atoms with van der Waals surface area (Å²) >= 11 is 7.34. The summed E-state index contributed by atoms with van der Waals surface area (Å²) in [7, 11) is 0. The molecule has 2 N–H and O–H groups in total. The van der Waals surface area contributed by atoms with Crippen LogP contribution >= 0.6 is 23.4 Å². The lowest BCUT2D eigenvalue weighted by Gasteiger charge is -2.21. The van der Waals surface area contributed by atoms with Crippen molar-refractivity contribution in [3.8, 4) is 0 Å². The molecule has 0 saturated carbocycles. The molecule has 0 aliphatic heterocycles. The monoisotopic (exact) mass is 336 g/mol. The normalized spacial score (nSPS) is 13.5. The Kier molecular flexibility index (Phi) is 5.69. The van der Waals surface area contributed by atoms with E-state index in [0.717, 1.165) is 10.5 Å². The van der Waals surface area contributed by atoms with Crippen LogP contribution in [0.25, 0.3) is 0 Å². The molecule has 0 amide bonds. The molecule has 0 aliphatic carbocycles. The zero-order valence-corrected chi connectivity index (χ0v) is 13.7. The second-order valence-corrected chi connectivity index (χ2v) is 6.51. The smallest absolute Gasteiger partial charge is 0.228 e. The summed E-state index contributed by atoms with van der Waals surface area (Å²) in [6.45, 7) is 1.82. The number of nitrogen functional groups attached to an aromatic ring is 1. The first kappa shape index (κ1) is 16.6. The Morgan fingerprint density at radius 2 is 1.86 bits per heavy atom. The number of para-hydroxylation sites is 1. The fourth-order valence-electron chi connectivity index (χ4n) is 2.22. The van der Waals surface area contributed by atoms with E-state index in [1.54, 1.807) is 18.2 Å². The Balaban J connectivity index is 2.39. The molecule has 22 heavy (non-hydrogen) atoms. The van der Waals surface area contributed by atoms with E-state index in [1.807, 2.05) is 37.3 Å². The maximum atomic E-state index is 11.4. The van der Waals surface area contributed by atoms with Crippen molar-refractivity contribution < 1.29 is 4.92 Å². The summed E-state index contributed by atoms with van der Waals surface area (Å²) in [5, 5.41) is 11.7. The minimum Gasteiger partial charge on any atom is -0.398 e. The number of nitrogens with two attached hydrogens (primary N) is 1. The number of hydrogen-bond acceptors (Lipinski definition) is 4. The second-order valence-electron chi connectivity index (χ2n) is 4.89. The van der Waals surface area contributed by atoms with Crippen LogP contribution in [0.3, 0.4) is 0 Å². The van der Waals surface area contributed by atoms with Gasteiger partial charge in [0.05, 0.1) is 0 Å². The molecule has 0 fully saturated rings. The third kappa shape index (κ3) is 3.93. The maximum Gasteiger partial charge on any atom is 0.228 e. The second kappa shape index (κ2) is 7.51. The third-order valence-corrected chi connectivity index (χ3v) is 5.13.